The van der Waals surface area contributed by atoms with Gasteiger partial charge in [0.15, 0.2) is 6.10 Å². The molecule has 2 aromatic carbocycles. The van der Waals surface area contributed by atoms with Crippen molar-refractivity contribution in [1.29, 1.82) is 5.26 Å². The Kier molecular flexibility index (Phi) is 6.15. The van der Waals surface area contributed by atoms with E-state index in [2.05, 4.69) is 0 Å². The Balaban J connectivity index is 1.99. The molecule has 0 unspecified atom stereocenters. The van der Waals surface area contributed by atoms with Gasteiger partial charge in [-0.05, 0) is 49.4 Å². The largest absolute Gasteiger partial charge is 0.481 e. The zero-order valence-electron chi connectivity index (χ0n) is 13.4. The van der Waals surface area contributed by atoms with Gasteiger partial charge < -0.3 is 4.74 Å². The number of hydrogen-bond donors (Lipinski definition) is 2. The summed E-state index contributed by atoms with van der Waals surface area (Å²) in [4.78, 5) is 13.1. The molecule has 1 atom stereocenters. The van der Waals surface area contributed by atoms with Crippen LogP contribution in [0.2, 0.25) is 5.02 Å². The second-order valence-corrected chi connectivity index (χ2v) is 7.15. The van der Waals surface area contributed by atoms with Gasteiger partial charge in [0, 0.05) is 5.02 Å². The van der Waals surface area contributed by atoms with E-state index >= 15 is 0 Å². The fourth-order valence-corrected chi connectivity index (χ4v) is 2.90. The number of carbonyl (C=O) groups is 1. The van der Waals surface area contributed by atoms with Crippen LogP contribution in [0.3, 0.4) is 0 Å². The van der Waals surface area contributed by atoms with Crippen molar-refractivity contribution < 1.29 is 22.3 Å². The molecule has 26 heavy (non-hydrogen) atoms. The molecule has 7 nitrogen and oxygen atoms in total. The third-order valence-electron chi connectivity index (χ3n) is 3.16. The Hall–Kier alpha value is -2.67. The van der Waals surface area contributed by atoms with Crippen LogP contribution in [0, 0.1) is 17.1 Å². The minimum atomic E-state index is -4.33. The molecule has 2 aromatic rings. The number of halogens is 2. The Bertz CT molecular complexity index is 958. The number of benzene rings is 2. The van der Waals surface area contributed by atoms with Crippen LogP contribution in [0.5, 0.6) is 5.75 Å². The molecule has 0 aliphatic heterocycles. The summed E-state index contributed by atoms with van der Waals surface area (Å²) >= 11 is 5.57. The van der Waals surface area contributed by atoms with Crippen molar-refractivity contribution in [2.24, 2.45) is 0 Å². The molecule has 2 N–H and O–H groups in total. The van der Waals surface area contributed by atoms with Gasteiger partial charge in [-0.3, -0.25) is 10.2 Å². The second-order valence-electron chi connectivity index (χ2n) is 5.07. The molecule has 0 aliphatic rings. The van der Waals surface area contributed by atoms with Gasteiger partial charge in [0.1, 0.15) is 16.5 Å². The van der Waals surface area contributed by atoms with Crippen molar-refractivity contribution in [3.8, 4) is 11.8 Å². The summed E-state index contributed by atoms with van der Waals surface area (Å²) in [5.74, 6) is -1.54. The van der Waals surface area contributed by atoms with Crippen LogP contribution in [-0.4, -0.2) is 20.4 Å². The van der Waals surface area contributed by atoms with Crippen LogP contribution in [0.25, 0.3) is 0 Å². The average Bonchev–Trinajstić information content (AvgIpc) is 2.60. The monoisotopic (exact) mass is 397 g/mol. The van der Waals surface area contributed by atoms with Crippen molar-refractivity contribution in [3.63, 3.8) is 0 Å². The van der Waals surface area contributed by atoms with Gasteiger partial charge in [-0.25, -0.2) is 12.8 Å². The van der Waals surface area contributed by atoms with Crippen molar-refractivity contribution >= 4 is 27.5 Å². The van der Waals surface area contributed by atoms with Gasteiger partial charge in [-0.15, -0.1) is 4.83 Å². The Labute approximate surface area is 154 Å². The van der Waals surface area contributed by atoms with Crippen molar-refractivity contribution in [2.45, 2.75) is 17.9 Å². The molecule has 0 bridgehead atoms. The smallest absolute Gasteiger partial charge is 0.275 e. The van der Waals surface area contributed by atoms with Gasteiger partial charge in [0.05, 0.1) is 11.6 Å². The van der Waals surface area contributed by atoms with E-state index in [0.29, 0.717) is 11.3 Å². The highest BCUT2D eigenvalue weighted by Crippen LogP contribution is 2.18. The fourth-order valence-electron chi connectivity index (χ4n) is 1.83. The Morgan fingerprint density at radius 1 is 1.27 bits per heavy atom. The molecule has 0 spiro atoms. The van der Waals surface area contributed by atoms with Crippen LogP contribution in [-0.2, 0) is 14.8 Å². The lowest BCUT2D eigenvalue weighted by atomic mass is 10.2. The van der Waals surface area contributed by atoms with Gasteiger partial charge in [-0.2, -0.15) is 5.26 Å². The number of nitrogens with one attached hydrogen (secondary N) is 2. The third kappa shape index (κ3) is 4.92. The fraction of sp³-hybridized carbons (Fsp3) is 0.125. The molecule has 0 aromatic heterocycles. The first-order chi connectivity index (χ1) is 12.2. The summed E-state index contributed by atoms with van der Waals surface area (Å²) in [6, 6.07) is 11.0. The first-order valence-electron chi connectivity index (χ1n) is 7.16. The van der Waals surface area contributed by atoms with Crippen LogP contribution in [0.1, 0.15) is 12.5 Å². The first kappa shape index (κ1) is 19.7. The number of hydrazine groups is 1. The second kappa shape index (κ2) is 8.14. The first-order valence-corrected chi connectivity index (χ1v) is 9.02. The lowest BCUT2D eigenvalue weighted by molar-refractivity contribution is -0.127. The normalized spacial score (nSPS) is 12.1. The maximum Gasteiger partial charge on any atom is 0.275 e. The summed E-state index contributed by atoms with van der Waals surface area (Å²) in [7, 11) is -4.33. The molecule has 0 fully saturated rings. The highest BCUT2D eigenvalue weighted by atomic mass is 35.5. The van der Waals surface area contributed by atoms with Crippen LogP contribution in [0.15, 0.2) is 47.4 Å². The number of rotatable bonds is 6. The lowest BCUT2D eigenvalue weighted by Crippen LogP contribution is -2.47. The predicted octanol–water partition coefficient (Wildman–Crippen LogP) is 2.13. The number of ether oxygens (including phenoxy) is 1. The standard InChI is InChI=1S/C16H13ClFN3O4S/c1-10(25-13-5-2-11(9-19)3-6-13)16(22)20-21-26(23,24)15-7-4-12(17)8-14(15)18/h2-8,10,21H,1H3,(H,20,22)/t10-/m1/s1. The SMILES string of the molecule is C[C@@H](Oc1ccc(C#N)cc1)C(=O)NNS(=O)(=O)c1ccc(Cl)cc1F. The maximum absolute atomic E-state index is 13.7. The summed E-state index contributed by atoms with van der Waals surface area (Å²) < 4.78 is 43.1. The maximum atomic E-state index is 13.7. The number of sulfonamides is 1. The molecular formula is C16H13ClFN3O4S. The highest BCUT2D eigenvalue weighted by molar-refractivity contribution is 7.89. The van der Waals surface area contributed by atoms with E-state index in [-0.39, 0.29) is 5.02 Å². The molecule has 136 valence electrons. The van der Waals surface area contributed by atoms with E-state index in [9.17, 15) is 17.6 Å². The molecular weight excluding hydrogens is 385 g/mol. The molecule has 0 saturated carbocycles. The Morgan fingerprint density at radius 3 is 2.50 bits per heavy atom. The van der Waals surface area contributed by atoms with E-state index in [0.717, 1.165) is 12.1 Å². The molecule has 0 aliphatic carbocycles. The minimum absolute atomic E-state index is 0.0370. The van der Waals surface area contributed by atoms with Gasteiger partial charge >= 0.3 is 0 Å². The summed E-state index contributed by atoms with van der Waals surface area (Å²) in [5, 5.41) is 8.76. The summed E-state index contributed by atoms with van der Waals surface area (Å²) in [5.41, 5.74) is 2.38. The zero-order valence-corrected chi connectivity index (χ0v) is 14.9. The molecule has 10 heteroatoms. The van der Waals surface area contributed by atoms with Gasteiger partial charge in [0.25, 0.3) is 15.9 Å². The van der Waals surface area contributed by atoms with E-state index < -0.39 is 32.7 Å². The number of carbonyl (C=O) groups excluding carboxylic acids is 1. The quantitative estimate of drug-likeness (QED) is 0.726. The van der Waals surface area contributed by atoms with Gasteiger partial charge in [-0.1, -0.05) is 11.6 Å². The van der Waals surface area contributed by atoms with Crippen molar-refractivity contribution in [1.82, 2.24) is 10.3 Å². The molecule has 0 radical (unpaired) electrons. The van der Waals surface area contributed by atoms with Crippen LogP contribution in [0.4, 0.5) is 4.39 Å². The summed E-state index contributed by atoms with van der Waals surface area (Å²) in [6.45, 7) is 1.39. The van der Waals surface area contributed by atoms with Crippen LogP contribution >= 0.6 is 11.6 Å². The van der Waals surface area contributed by atoms with E-state index in [1.54, 1.807) is 4.83 Å². The lowest BCUT2D eigenvalue weighted by Gasteiger charge is -2.15. The van der Waals surface area contributed by atoms with Crippen molar-refractivity contribution in [3.05, 3.63) is 58.9 Å². The number of nitriles is 1. The third-order valence-corrected chi connectivity index (χ3v) is 4.67. The van der Waals surface area contributed by atoms with E-state index in [1.165, 1.54) is 37.3 Å². The number of hydrogen-bond acceptors (Lipinski definition) is 5. The van der Waals surface area contributed by atoms with E-state index in [4.69, 9.17) is 21.6 Å². The molecule has 0 heterocycles. The number of amides is 1. The average molecular weight is 398 g/mol. The molecule has 0 saturated heterocycles. The predicted molar refractivity (Wildman–Crippen MR) is 91.1 cm³/mol. The molecule has 1 amide bonds. The topological polar surface area (TPSA) is 108 Å². The number of nitrogens with zero attached hydrogens (tertiary/aromatic N) is 1. The van der Waals surface area contributed by atoms with Crippen LogP contribution < -0.4 is 15.0 Å². The van der Waals surface area contributed by atoms with E-state index in [1.807, 2.05) is 11.5 Å². The molecule has 2 rings (SSSR count). The summed E-state index contributed by atoms with van der Waals surface area (Å²) in [6.07, 6.45) is -1.05. The zero-order chi connectivity index (χ0) is 19.3. The highest BCUT2D eigenvalue weighted by Gasteiger charge is 2.22. The van der Waals surface area contributed by atoms with Crippen molar-refractivity contribution in [2.75, 3.05) is 0 Å². The minimum Gasteiger partial charge on any atom is -0.481 e. The Morgan fingerprint density at radius 2 is 1.92 bits per heavy atom. The van der Waals surface area contributed by atoms with Gasteiger partial charge in [0.2, 0.25) is 0 Å².